The lowest BCUT2D eigenvalue weighted by atomic mass is 10.2. The van der Waals surface area contributed by atoms with Crippen LogP contribution in [0.1, 0.15) is 25.8 Å². The summed E-state index contributed by atoms with van der Waals surface area (Å²) in [6.07, 6.45) is 0.959. The molecule has 0 aromatic heterocycles. The zero-order chi connectivity index (χ0) is 9.84. The molecule has 0 spiro atoms. The van der Waals surface area contributed by atoms with Gasteiger partial charge in [0.25, 0.3) is 0 Å². The topological polar surface area (TPSA) is 17.1 Å². The lowest BCUT2D eigenvalue weighted by Gasteiger charge is -2.08. The normalized spacial score (nSPS) is 15.3. The van der Waals surface area contributed by atoms with E-state index in [-0.39, 0.29) is 5.25 Å². The first kappa shape index (κ1) is 10.5. The summed E-state index contributed by atoms with van der Waals surface area (Å²) in [6, 6.07) is 7.93. The summed E-state index contributed by atoms with van der Waals surface area (Å²) in [7, 11) is -0.836. The predicted molar refractivity (Wildman–Crippen MR) is 57.3 cm³/mol. The van der Waals surface area contributed by atoms with E-state index in [1.807, 2.05) is 38.1 Å². The number of rotatable bonds is 3. The Morgan fingerprint density at radius 3 is 2.31 bits per heavy atom. The van der Waals surface area contributed by atoms with Crippen molar-refractivity contribution in [2.24, 2.45) is 0 Å². The van der Waals surface area contributed by atoms with Crippen LogP contribution in [0.15, 0.2) is 29.2 Å². The van der Waals surface area contributed by atoms with E-state index in [0.29, 0.717) is 0 Å². The van der Waals surface area contributed by atoms with Gasteiger partial charge in [0, 0.05) is 10.1 Å². The Bertz CT molecular complexity index is 289. The van der Waals surface area contributed by atoms with Gasteiger partial charge in [-0.25, -0.2) is 0 Å². The standard InChI is InChI=1S/C11H16OS/c1-4-10(3)13(12)11-7-5-9(2)6-8-11/h5-8,10H,4H2,1-3H3. The van der Waals surface area contributed by atoms with E-state index in [4.69, 9.17) is 0 Å². The summed E-state index contributed by atoms with van der Waals surface area (Å²) in [6.45, 7) is 6.13. The molecule has 72 valence electrons. The molecular weight excluding hydrogens is 180 g/mol. The fourth-order valence-corrected chi connectivity index (χ4v) is 2.23. The first-order chi connectivity index (χ1) is 6.15. The van der Waals surface area contributed by atoms with Crippen LogP contribution in [0.5, 0.6) is 0 Å². The van der Waals surface area contributed by atoms with Crippen molar-refractivity contribution < 1.29 is 4.21 Å². The Morgan fingerprint density at radius 2 is 1.85 bits per heavy atom. The minimum atomic E-state index is -0.836. The fourth-order valence-electron chi connectivity index (χ4n) is 1.06. The van der Waals surface area contributed by atoms with Crippen LogP contribution < -0.4 is 0 Å². The quantitative estimate of drug-likeness (QED) is 0.726. The van der Waals surface area contributed by atoms with Crippen LogP contribution in [-0.4, -0.2) is 9.46 Å². The van der Waals surface area contributed by atoms with E-state index in [1.165, 1.54) is 5.56 Å². The molecule has 0 bridgehead atoms. The zero-order valence-electron chi connectivity index (χ0n) is 8.41. The summed E-state index contributed by atoms with van der Waals surface area (Å²) in [5.74, 6) is 0. The summed E-state index contributed by atoms with van der Waals surface area (Å²) in [5.41, 5.74) is 1.21. The molecule has 0 aliphatic rings. The van der Waals surface area contributed by atoms with Gasteiger partial charge in [0.05, 0.1) is 10.8 Å². The molecule has 0 N–H and O–H groups in total. The summed E-state index contributed by atoms with van der Waals surface area (Å²) in [5, 5.41) is 0.253. The molecule has 0 fully saturated rings. The van der Waals surface area contributed by atoms with Crippen LogP contribution >= 0.6 is 0 Å². The molecular formula is C11H16OS. The van der Waals surface area contributed by atoms with Gasteiger partial charge in [0.2, 0.25) is 0 Å². The van der Waals surface area contributed by atoms with Crippen LogP contribution in [0, 0.1) is 6.92 Å². The van der Waals surface area contributed by atoms with Gasteiger partial charge in [-0.1, -0.05) is 31.5 Å². The molecule has 0 saturated carbocycles. The van der Waals surface area contributed by atoms with E-state index in [1.54, 1.807) is 0 Å². The number of benzene rings is 1. The molecule has 1 aromatic rings. The Labute approximate surface area is 82.6 Å². The van der Waals surface area contributed by atoms with Crippen molar-refractivity contribution in [1.29, 1.82) is 0 Å². The van der Waals surface area contributed by atoms with E-state index >= 15 is 0 Å². The summed E-state index contributed by atoms with van der Waals surface area (Å²) < 4.78 is 11.8. The molecule has 1 aromatic carbocycles. The van der Waals surface area contributed by atoms with Crippen molar-refractivity contribution in [2.75, 3.05) is 0 Å². The smallest absolute Gasteiger partial charge is 0.0557 e. The molecule has 0 radical (unpaired) electrons. The first-order valence-electron chi connectivity index (χ1n) is 4.62. The highest BCUT2D eigenvalue weighted by Crippen LogP contribution is 2.13. The molecule has 2 heteroatoms. The van der Waals surface area contributed by atoms with Gasteiger partial charge < -0.3 is 0 Å². The third-order valence-corrected chi connectivity index (χ3v) is 3.99. The van der Waals surface area contributed by atoms with Crippen molar-refractivity contribution in [1.82, 2.24) is 0 Å². The molecule has 2 unspecified atom stereocenters. The number of aryl methyl sites for hydroxylation is 1. The molecule has 0 heterocycles. The van der Waals surface area contributed by atoms with Gasteiger partial charge >= 0.3 is 0 Å². The SMILES string of the molecule is CCC(C)S(=O)c1ccc(C)cc1. The molecule has 2 atom stereocenters. The second-order valence-electron chi connectivity index (χ2n) is 3.33. The maximum atomic E-state index is 11.8. The Morgan fingerprint density at radius 1 is 1.31 bits per heavy atom. The fraction of sp³-hybridized carbons (Fsp3) is 0.455. The second kappa shape index (κ2) is 4.56. The van der Waals surface area contributed by atoms with Crippen molar-refractivity contribution in [2.45, 2.75) is 37.3 Å². The van der Waals surface area contributed by atoms with Gasteiger partial charge in [-0.15, -0.1) is 0 Å². The van der Waals surface area contributed by atoms with Crippen molar-refractivity contribution in [3.8, 4) is 0 Å². The van der Waals surface area contributed by atoms with Gasteiger partial charge in [-0.3, -0.25) is 4.21 Å². The highest BCUT2D eigenvalue weighted by Gasteiger charge is 2.10. The van der Waals surface area contributed by atoms with E-state index in [2.05, 4.69) is 6.92 Å². The number of hydrogen-bond donors (Lipinski definition) is 0. The van der Waals surface area contributed by atoms with Crippen LogP contribution in [0.25, 0.3) is 0 Å². The van der Waals surface area contributed by atoms with Gasteiger partial charge in [0.1, 0.15) is 0 Å². The maximum Gasteiger partial charge on any atom is 0.0557 e. The highest BCUT2D eigenvalue weighted by molar-refractivity contribution is 7.85. The average molecular weight is 196 g/mol. The highest BCUT2D eigenvalue weighted by atomic mass is 32.2. The number of hydrogen-bond acceptors (Lipinski definition) is 1. The van der Waals surface area contributed by atoms with Crippen LogP contribution in [0.4, 0.5) is 0 Å². The first-order valence-corrected chi connectivity index (χ1v) is 5.83. The van der Waals surface area contributed by atoms with Crippen molar-refractivity contribution in [3.05, 3.63) is 29.8 Å². The second-order valence-corrected chi connectivity index (χ2v) is 5.20. The molecule has 0 aliphatic heterocycles. The lowest BCUT2D eigenvalue weighted by molar-refractivity contribution is 0.670. The van der Waals surface area contributed by atoms with E-state index in [0.717, 1.165) is 11.3 Å². The van der Waals surface area contributed by atoms with Crippen molar-refractivity contribution >= 4 is 10.8 Å². The van der Waals surface area contributed by atoms with Crippen molar-refractivity contribution in [3.63, 3.8) is 0 Å². The third kappa shape index (κ3) is 2.66. The summed E-state index contributed by atoms with van der Waals surface area (Å²) in [4.78, 5) is 0.944. The molecule has 0 aliphatic carbocycles. The largest absolute Gasteiger partial charge is 0.254 e. The third-order valence-electron chi connectivity index (χ3n) is 2.19. The van der Waals surface area contributed by atoms with E-state index in [9.17, 15) is 4.21 Å². The maximum absolute atomic E-state index is 11.8. The van der Waals surface area contributed by atoms with E-state index < -0.39 is 10.8 Å². The monoisotopic (exact) mass is 196 g/mol. The van der Waals surface area contributed by atoms with Crippen LogP contribution in [0.2, 0.25) is 0 Å². The molecule has 1 rings (SSSR count). The van der Waals surface area contributed by atoms with Gasteiger partial charge in [-0.2, -0.15) is 0 Å². The Kier molecular flexibility index (Phi) is 3.67. The van der Waals surface area contributed by atoms with Gasteiger partial charge in [-0.05, 0) is 25.5 Å². The molecule has 0 saturated heterocycles. The lowest BCUT2D eigenvalue weighted by Crippen LogP contribution is -2.09. The predicted octanol–water partition coefficient (Wildman–Crippen LogP) is 2.90. The van der Waals surface area contributed by atoms with Crippen LogP contribution in [0.3, 0.4) is 0 Å². The van der Waals surface area contributed by atoms with Gasteiger partial charge in [0.15, 0.2) is 0 Å². The van der Waals surface area contributed by atoms with Crippen LogP contribution in [-0.2, 0) is 10.8 Å². The zero-order valence-corrected chi connectivity index (χ0v) is 9.23. The molecule has 1 nitrogen and oxygen atoms in total. The summed E-state index contributed by atoms with van der Waals surface area (Å²) >= 11 is 0. The Hall–Kier alpha value is -0.630. The molecule has 13 heavy (non-hydrogen) atoms. The minimum absolute atomic E-state index is 0.253. The Balaban J connectivity index is 2.83. The minimum Gasteiger partial charge on any atom is -0.254 e. The average Bonchev–Trinajstić information content (AvgIpc) is 2.17. The molecule has 0 amide bonds.